The summed E-state index contributed by atoms with van der Waals surface area (Å²) in [5.41, 5.74) is 2.58. The lowest BCUT2D eigenvalue weighted by Crippen LogP contribution is -2.48. The number of carbonyl (C=O) groups excluding carboxylic acids is 1. The Bertz CT molecular complexity index is 788. The first-order chi connectivity index (χ1) is 12.6. The molecule has 1 amide bonds. The fraction of sp³-hybridized carbons (Fsp3) is 0.350. The second kappa shape index (κ2) is 9.69. The number of hydrogen-bond acceptors (Lipinski definition) is 4. The van der Waals surface area contributed by atoms with E-state index in [1.54, 1.807) is 13.2 Å². The molecule has 0 radical (unpaired) electrons. The summed E-state index contributed by atoms with van der Waals surface area (Å²) in [5, 5.41) is 6.25. The largest absolute Gasteiger partial charge is 0.495 e. The molecule has 7 heteroatoms. The van der Waals surface area contributed by atoms with E-state index in [1.165, 1.54) is 12.1 Å². The number of benzene rings is 2. The van der Waals surface area contributed by atoms with Crippen molar-refractivity contribution in [3.63, 3.8) is 0 Å². The van der Waals surface area contributed by atoms with Gasteiger partial charge in [0.2, 0.25) is 5.91 Å². The Hall–Kier alpha value is -2.15. The maximum atomic E-state index is 13.6. The van der Waals surface area contributed by atoms with E-state index >= 15 is 0 Å². The van der Waals surface area contributed by atoms with Gasteiger partial charge in [-0.3, -0.25) is 9.69 Å². The summed E-state index contributed by atoms with van der Waals surface area (Å²) in [6.07, 6.45) is 0. The third kappa shape index (κ3) is 5.42. The summed E-state index contributed by atoms with van der Waals surface area (Å²) in [6.45, 7) is 4.41. The van der Waals surface area contributed by atoms with Crippen LogP contribution in [0.5, 0.6) is 5.75 Å². The van der Waals surface area contributed by atoms with E-state index in [2.05, 4.69) is 15.5 Å². The minimum Gasteiger partial charge on any atom is -0.495 e. The molecule has 1 aliphatic heterocycles. The van der Waals surface area contributed by atoms with E-state index in [0.717, 1.165) is 24.2 Å². The molecule has 0 aliphatic carbocycles. The molecule has 1 fully saturated rings. The van der Waals surface area contributed by atoms with E-state index in [4.69, 9.17) is 4.74 Å². The second-order valence-corrected chi connectivity index (χ2v) is 6.50. The zero-order chi connectivity index (χ0) is 18.5. The van der Waals surface area contributed by atoms with E-state index in [0.29, 0.717) is 18.0 Å². The normalized spacial score (nSPS) is 17.1. The molecule has 2 aromatic rings. The Morgan fingerprint density at radius 2 is 2.15 bits per heavy atom. The quantitative estimate of drug-likeness (QED) is 0.819. The lowest BCUT2D eigenvalue weighted by molar-refractivity contribution is -0.118. The Balaban J connectivity index is 0.00000261. The van der Waals surface area contributed by atoms with Crippen LogP contribution in [0, 0.1) is 12.7 Å². The van der Waals surface area contributed by atoms with Gasteiger partial charge in [-0.1, -0.05) is 18.2 Å². The highest BCUT2D eigenvalue weighted by Crippen LogP contribution is 2.26. The number of rotatable bonds is 5. The molecule has 0 aromatic heterocycles. The molecule has 2 N–H and O–H groups in total. The van der Waals surface area contributed by atoms with Crippen molar-refractivity contribution < 1.29 is 13.9 Å². The molecule has 1 saturated heterocycles. The summed E-state index contributed by atoms with van der Waals surface area (Å²) < 4.78 is 18.9. The molecule has 3 rings (SSSR count). The highest BCUT2D eigenvalue weighted by molar-refractivity contribution is 5.93. The molecule has 2 aromatic carbocycles. The highest BCUT2D eigenvalue weighted by atomic mass is 35.5. The number of hydrogen-bond donors (Lipinski definition) is 2. The molecule has 0 spiro atoms. The molecule has 1 aliphatic rings. The number of halogens is 2. The van der Waals surface area contributed by atoms with Crippen molar-refractivity contribution >= 4 is 24.0 Å². The molecular weight excluding hydrogens is 369 g/mol. The van der Waals surface area contributed by atoms with Gasteiger partial charge in [0.1, 0.15) is 11.6 Å². The molecule has 1 atom stereocenters. The molecular formula is C20H25ClFN3O2. The van der Waals surface area contributed by atoms with Crippen LogP contribution in [0.25, 0.3) is 0 Å². The molecule has 5 nitrogen and oxygen atoms in total. The van der Waals surface area contributed by atoms with E-state index in [9.17, 15) is 9.18 Å². The van der Waals surface area contributed by atoms with Crippen molar-refractivity contribution in [2.24, 2.45) is 0 Å². The average molecular weight is 394 g/mol. The van der Waals surface area contributed by atoms with Crippen molar-refractivity contribution in [2.45, 2.75) is 13.0 Å². The standard InChI is InChI=1S/C20H24FN3O2.ClH/c1-14-6-7-19(26-2)17(10-14)23-20(25)13-24-9-8-22-12-18(24)15-4-3-5-16(21)11-15;/h3-7,10-11,18,22H,8-9,12-13H2,1-2H3,(H,23,25);1H. The van der Waals surface area contributed by atoms with Crippen molar-refractivity contribution in [3.8, 4) is 5.75 Å². The van der Waals surface area contributed by atoms with Gasteiger partial charge >= 0.3 is 0 Å². The fourth-order valence-electron chi connectivity index (χ4n) is 3.27. The number of aryl methyl sites for hydroxylation is 1. The summed E-state index contributed by atoms with van der Waals surface area (Å²) in [6, 6.07) is 12.2. The van der Waals surface area contributed by atoms with Crippen molar-refractivity contribution in [1.82, 2.24) is 10.2 Å². The van der Waals surface area contributed by atoms with Crippen LogP contribution >= 0.6 is 12.4 Å². The number of ether oxygens (including phenoxy) is 1. The Morgan fingerprint density at radius 3 is 2.89 bits per heavy atom. The van der Waals surface area contributed by atoms with Crippen LogP contribution in [-0.2, 0) is 4.79 Å². The molecule has 146 valence electrons. The molecule has 1 heterocycles. The van der Waals surface area contributed by atoms with Crippen molar-refractivity contribution in [2.75, 3.05) is 38.6 Å². The minimum absolute atomic E-state index is 0. The first-order valence-corrected chi connectivity index (χ1v) is 8.71. The van der Waals surface area contributed by atoms with Gasteiger partial charge in [0.15, 0.2) is 0 Å². The lowest BCUT2D eigenvalue weighted by Gasteiger charge is -2.36. The van der Waals surface area contributed by atoms with Gasteiger partial charge in [-0.05, 0) is 42.3 Å². The third-order valence-corrected chi connectivity index (χ3v) is 4.56. The van der Waals surface area contributed by atoms with Gasteiger partial charge < -0.3 is 15.4 Å². The smallest absolute Gasteiger partial charge is 0.238 e. The van der Waals surface area contributed by atoms with Crippen LogP contribution in [0.1, 0.15) is 17.2 Å². The average Bonchev–Trinajstić information content (AvgIpc) is 2.62. The van der Waals surface area contributed by atoms with Crippen LogP contribution in [0.15, 0.2) is 42.5 Å². The number of nitrogens with zero attached hydrogens (tertiary/aromatic N) is 1. The topological polar surface area (TPSA) is 53.6 Å². The number of carbonyl (C=O) groups is 1. The predicted molar refractivity (Wildman–Crippen MR) is 107 cm³/mol. The van der Waals surface area contributed by atoms with Gasteiger partial charge in [0.05, 0.1) is 19.3 Å². The van der Waals surface area contributed by atoms with Crippen LogP contribution < -0.4 is 15.4 Å². The van der Waals surface area contributed by atoms with Gasteiger partial charge in [0.25, 0.3) is 0 Å². The highest BCUT2D eigenvalue weighted by Gasteiger charge is 2.26. The lowest BCUT2D eigenvalue weighted by atomic mass is 10.0. The van der Waals surface area contributed by atoms with Crippen LogP contribution in [0.2, 0.25) is 0 Å². The Kier molecular flexibility index (Phi) is 7.59. The SMILES string of the molecule is COc1ccc(C)cc1NC(=O)CN1CCNCC1c1cccc(F)c1.Cl. The van der Waals surface area contributed by atoms with E-state index in [1.807, 2.05) is 31.2 Å². The maximum Gasteiger partial charge on any atom is 0.238 e. The molecule has 1 unspecified atom stereocenters. The fourth-order valence-corrected chi connectivity index (χ4v) is 3.27. The van der Waals surface area contributed by atoms with Gasteiger partial charge in [-0.2, -0.15) is 0 Å². The summed E-state index contributed by atoms with van der Waals surface area (Å²) in [5.74, 6) is 0.255. The Morgan fingerprint density at radius 1 is 1.33 bits per heavy atom. The van der Waals surface area contributed by atoms with Crippen LogP contribution in [0.4, 0.5) is 10.1 Å². The Labute approximate surface area is 165 Å². The number of amides is 1. The summed E-state index contributed by atoms with van der Waals surface area (Å²) in [7, 11) is 1.58. The van der Waals surface area contributed by atoms with Crippen molar-refractivity contribution in [1.29, 1.82) is 0 Å². The van der Waals surface area contributed by atoms with Gasteiger partial charge in [-0.15, -0.1) is 12.4 Å². The van der Waals surface area contributed by atoms with Crippen LogP contribution in [-0.4, -0.2) is 44.1 Å². The van der Waals surface area contributed by atoms with Gasteiger partial charge in [-0.25, -0.2) is 4.39 Å². The maximum absolute atomic E-state index is 13.6. The zero-order valence-electron chi connectivity index (χ0n) is 15.5. The number of methoxy groups -OCH3 is 1. The van der Waals surface area contributed by atoms with E-state index in [-0.39, 0.29) is 36.7 Å². The summed E-state index contributed by atoms with van der Waals surface area (Å²) in [4.78, 5) is 14.7. The summed E-state index contributed by atoms with van der Waals surface area (Å²) >= 11 is 0. The van der Waals surface area contributed by atoms with Crippen LogP contribution in [0.3, 0.4) is 0 Å². The zero-order valence-corrected chi connectivity index (χ0v) is 16.3. The molecule has 27 heavy (non-hydrogen) atoms. The minimum atomic E-state index is -0.262. The molecule has 0 saturated carbocycles. The molecule has 0 bridgehead atoms. The van der Waals surface area contributed by atoms with Gasteiger partial charge in [0, 0.05) is 25.7 Å². The third-order valence-electron chi connectivity index (χ3n) is 4.56. The number of nitrogens with one attached hydrogen (secondary N) is 2. The van der Waals surface area contributed by atoms with Crippen molar-refractivity contribution in [3.05, 3.63) is 59.4 Å². The number of anilines is 1. The first kappa shape index (κ1) is 21.2. The number of piperazine rings is 1. The first-order valence-electron chi connectivity index (χ1n) is 8.71. The van der Waals surface area contributed by atoms with E-state index < -0.39 is 0 Å². The predicted octanol–water partition coefficient (Wildman–Crippen LogP) is 3.15. The second-order valence-electron chi connectivity index (χ2n) is 6.50. The monoisotopic (exact) mass is 393 g/mol.